The quantitative estimate of drug-likeness (QED) is 0.616. The second-order valence-corrected chi connectivity index (χ2v) is 7.20. The molecule has 90 valence electrons. The van der Waals surface area contributed by atoms with Gasteiger partial charge in [0.15, 0.2) is 0 Å². The van der Waals surface area contributed by atoms with E-state index < -0.39 is 9.05 Å². The van der Waals surface area contributed by atoms with Crippen LogP contribution >= 0.6 is 22.4 Å². The second-order valence-electron chi connectivity index (χ2n) is 3.50. The maximum Gasteiger partial charge on any atom is 0.261 e. The summed E-state index contributed by atoms with van der Waals surface area (Å²) in [5, 5.41) is 8.71. The third kappa shape index (κ3) is 2.68. The fourth-order valence-corrected chi connectivity index (χ4v) is 3.60. The van der Waals surface area contributed by atoms with Gasteiger partial charge in [-0.25, -0.2) is 8.42 Å². The van der Waals surface area contributed by atoms with Gasteiger partial charge in [-0.1, -0.05) is 0 Å². The number of benzene rings is 1. The summed E-state index contributed by atoms with van der Waals surface area (Å²) in [6, 6.07) is 6.83. The summed E-state index contributed by atoms with van der Waals surface area (Å²) in [7, 11) is 1.60. The van der Waals surface area contributed by atoms with Gasteiger partial charge in [-0.2, -0.15) is 5.26 Å². The highest BCUT2D eigenvalue weighted by Gasteiger charge is 2.20. The fraction of sp³-hybridized carbons (Fsp3) is 0.300. The molecule has 0 amide bonds. The molecule has 0 N–H and O–H groups in total. The Morgan fingerprint density at radius 1 is 1.53 bits per heavy atom. The molecular weight excluding hydrogens is 280 g/mol. The number of rotatable bonds is 2. The van der Waals surface area contributed by atoms with Crippen molar-refractivity contribution in [3.8, 4) is 6.07 Å². The van der Waals surface area contributed by atoms with E-state index in [0.717, 1.165) is 22.9 Å². The van der Waals surface area contributed by atoms with Crippen LogP contribution in [-0.2, 0) is 9.05 Å². The molecule has 1 heterocycles. The molecule has 0 aliphatic carbocycles. The maximum absolute atomic E-state index is 11.2. The molecule has 1 aliphatic rings. The minimum atomic E-state index is -3.69. The van der Waals surface area contributed by atoms with Crippen LogP contribution < -0.4 is 4.90 Å². The van der Waals surface area contributed by atoms with Gasteiger partial charge in [-0.05, 0) is 18.2 Å². The summed E-state index contributed by atoms with van der Waals surface area (Å²) in [6.45, 7) is 1.10. The van der Waals surface area contributed by atoms with Crippen molar-refractivity contribution < 1.29 is 8.42 Å². The fourth-order valence-electron chi connectivity index (χ4n) is 1.66. The molecule has 0 saturated heterocycles. The number of nitriles is 1. The zero-order chi connectivity index (χ0) is 12.5. The lowest BCUT2D eigenvalue weighted by molar-refractivity contribution is 0.609. The Bertz CT molecular complexity index is 580. The molecule has 7 heteroatoms. The predicted molar refractivity (Wildman–Crippen MR) is 68.0 cm³/mol. The van der Waals surface area contributed by atoms with E-state index in [1.807, 2.05) is 4.90 Å². The van der Waals surface area contributed by atoms with Gasteiger partial charge in [0, 0.05) is 27.9 Å². The van der Waals surface area contributed by atoms with Crippen molar-refractivity contribution in [1.82, 2.24) is 0 Å². The standard InChI is InChI=1S/C10H9ClN2O2S2/c11-17(14,15)8-1-2-9-10(7-8)16-6-5-13(9)4-3-12/h1-2,7H,4-6H2. The predicted octanol–water partition coefficient (Wildman–Crippen LogP) is 2.05. The molecule has 0 bridgehead atoms. The smallest absolute Gasteiger partial charge is 0.261 e. The molecule has 0 unspecified atom stereocenters. The summed E-state index contributed by atoms with van der Waals surface area (Å²) < 4.78 is 22.4. The first-order chi connectivity index (χ1) is 8.02. The summed E-state index contributed by atoms with van der Waals surface area (Å²) in [5.74, 6) is 0.834. The van der Waals surface area contributed by atoms with Crippen LogP contribution in [0.15, 0.2) is 28.0 Å². The van der Waals surface area contributed by atoms with Crippen LogP contribution in [0.2, 0.25) is 0 Å². The third-order valence-electron chi connectivity index (χ3n) is 2.43. The second kappa shape index (κ2) is 4.77. The van der Waals surface area contributed by atoms with Crippen molar-refractivity contribution in [3.05, 3.63) is 18.2 Å². The average molecular weight is 289 g/mol. The van der Waals surface area contributed by atoms with Crippen molar-refractivity contribution in [3.63, 3.8) is 0 Å². The van der Waals surface area contributed by atoms with E-state index in [1.54, 1.807) is 23.9 Å². The lowest BCUT2D eigenvalue weighted by Crippen LogP contribution is -2.29. The van der Waals surface area contributed by atoms with E-state index in [4.69, 9.17) is 15.9 Å². The minimum Gasteiger partial charge on any atom is -0.356 e. The highest BCUT2D eigenvalue weighted by Crippen LogP contribution is 2.36. The molecule has 0 radical (unpaired) electrons. The molecule has 1 aromatic carbocycles. The maximum atomic E-state index is 11.2. The van der Waals surface area contributed by atoms with Gasteiger partial charge in [0.2, 0.25) is 0 Å². The molecule has 0 fully saturated rings. The molecule has 2 rings (SSSR count). The van der Waals surface area contributed by atoms with Gasteiger partial charge in [0.1, 0.15) is 6.54 Å². The van der Waals surface area contributed by atoms with Crippen LogP contribution in [0, 0.1) is 11.3 Å². The van der Waals surface area contributed by atoms with Gasteiger partial charge in [-0.3, -0.25) is 0 Å². The van der Waals surface area contributed by atoms with Gasteiger partial charge in [-0.15, -0.1) is 11.8 Å². The van der Waals surface area contributed by atoms with Crippen LogP contribution in [0.1, 0.15) is 0 Å². The van der Waals surface area contributed by atoms with Crippen molar-refractivity contribution >= 4 is 37.2 Å². The number of nitrogens with zero attached hydrogens (tertiary/aromatic N) is 2. The SMILES string of the molecule is N#CCN1CCSc2cc(S(=O)(=O)Cl)ccc21. The Morgan fingerprint density at radius 3 is 2.94 bits per heavy atom. The van der Waals surface area contributed by atoms with E-state index in [1.165, 1.54) is 6.07 Å². The Hall–Kier alpha value is -0.900. The van der Waals surface area contributed by atoms with Gasteiger partial charge < -0.3 is 4.90 Å². The van der Waals surface area contributed by atoms with Gasteiger partial charge in [0.05, 0.1) is 16.7 Å². The number of anilines is 1. The average Bonchev–Trinajstić information content (AvgIpc) is 2.28. The normalized spacial score (nSPS) is 15.2. The third-order valence-corrected chi connectivity index (χ3v) is 4.81. The number of fused-ring (bicyclic) bond motifs is 1. The lowest BCUT2D eigenvalue weighted by Gasteiger charge is -2.28. The number of hydrogen-bond donors (Lipinski definition) is 0. The number of thioether (sulfide) groups is 1. The van der Waals surface area contributed by atoms with Gasteiger partial charge in [0.25, 0.3) is 9.05 Å². The Kier molecular flexibility index (Phi) is 3.52. The first-order valence-electron chi connectivity index (χ1n) is 4.86. The number of hydrogen-bond acceptors (Lipinski definition) is 5. The summed E-state index contributed by atoms with van der Waals surface area (Å²) in [4.78, 5) is 2.88. The van der Waals surface area contributed by atoms with E-state index >= 15 is 0 Å². The zero-order valence-corrected chi connectivity index (χ0v) is 11.1. The highest BCUT2D eigenvalue weighted by molar-refractivity contribution is 8.13. The lowest BCUT2D eigenvalue weighted by atomic mass is 10.3. The molecule has 1 aromatic rings. The zero-order valence-electron chi connectivity index (χ0n) is 8.76. The Morgan fingerprint density at radius 2 is 2.29 bits per heavy atom. The van der Waals surface area contributed by atoms with Crippen LogP contribution in [0.25, 0.3) is 0 Å². The topological polar surface area (TPSA) is 61.2 Å². The highest BCUT2D eigenvalue weighted by atomic mass is 35.7. The molecule has 1 aliphatic heterocycles. The van der Waals surface area contributed by atoms with E-state index in [-0.39, 0.29) is 4.90 Å². The molecule has 0 saturated carbocycles. The van der Waals surface area contributed by atoms with E-state index in [9.17, 15) is 8.42 Å². The molecule has 0 atom stereocenters. The van der Waals surface area contributed by atoms with Crippen LogP contribution in [0.3, 0.4) is 0 Å². The molecule has 4 nitrogen and oxygen atoms in total. The summed E-state index contributed by atoms with van der Waals surface area (Å²) in [5.41, 5.74) is 0.895. The van der Waals surface area contributed by atoms with Crippen LogP contribution in [0.5, 0.6) is 0 Å². The summed E-state index contributed by atoms with van der Waals surface area (Å²) >= 11 is 1.57. The molecule has 0 spiro atoms. The van der Waals surface area contributed by atoms with Crippen molar-refractivity contribution in [1.29, 1.82) is 5.26 Å². The van der Waals surface area contributed by atoms with Gasteiger partial charge >= 0.3 is 0 Å². The number of halogens is 1. The molecule has 17 heavy (non-hydrogen) atoms. The largest absolute Gasteiger partial charge is 0.356 e. The van der Waals surface area contributed by atoms with Crippen molar-refractivity contribution in [2.75, 3.05) is 23.7 Å². The molecular formula is C10H9ClN2O2S2. The monoisotopic (exact) mass is 288 g/mol. The summed E-state index contributed by atoms with van der Waals surface area (Å²) in [6.07, 6.45) is 0. The van der Waals surface area contributed by atoms with E-state index in [2.05, 4.69) is 6.07 Å². The Balaban J connectivity index is 2.44. The minimum absolute atomic E-state index is 0.101. The first kappa shape index (κ1) is 12.6. The van der Waals surface area contributed by atoms with Crippen LogP contribution in [-0.4, -0.2) is 27.3 Å². The van der Waals surface area contributed by atoms with E-state index in [0.29, 0.717) is 6.54 Å². The van der Waals surface area contributed by atoms with Crippen LogP contribution in [0.4, 0.5) is 5.69 Å². The van der Waals surface area contributed by atoms with Crippen molar-refractivity contribution in [2.45, 2.75) is 9.79 Å². The molecule has 0 aromatic heterocycles. The Labute approximate surface area is 109 Å². The first-order valence-corrected chi connectivity index (χ1v) is 8.15. The van der Waals surface area contributed by atoms with Crippen molar-refractivity contribution in [2.24, 2.45) is 0 Å².